The van der Waals surface area contributed by atoms with E-state index in [2.05, 4.69) is 15.7 Å². The van der Waals surface area contributed by atoms with Gasteiger partial charge in [-0.15, -0.1) is 0 Å². The summed E-state index contributed by atoms with van der Waals surface area (Å²) >= 11 is 6.73. The summed E-state index contributed by atoms with van der Waals surface area (Å²) in [7, 11) is 0. The lowest BCUT2D eigenvalue weighted by atomic mass is 10.0. The summed E-state index contributed by atoms with van der Waals surface area (Å²) < 4.78 is 2.48. The maximum absolute atomic E-state index is 12.1. The minimum absolute atomic E-state index is 0.296. The average molecular weight is 368 g/mol. The fourth-order valence-corrected chi connectivity index (χ4v) is 7.29. The van der Waals surface area contributed by atoms with Crippen LogP contribution in [-0.4, -0.2) is 13.1 Å². The highest BCUT2D eigenvalue weighted by molar-refractivity contribution is 8.35. The van der Waals surface area contributed by atoms with E-state index in [1.54, 1.807) is 47.0 Å². The molecule has 3 aliphatic rings. The molecule has 1 aromatic rings. The van der Waals surface area contributed by atoms with Crippen LogP contribution in [0.15, 0.2) is 34.3 Å². The van der Waals surface area contributed by atoms with E-state index in [1.807, 2.05) is 5.41 Å². The highest BCUT2D eigenvalue weighted by Crippen LogP contribution is 2.56. The molecule has 0 N–H and O–H groups in total. The van der Waals surface area contributed by atoms with Gasteiger partial charge in [0.15, 0.2) is 0 Å². The Balaban J connectivity index is 1.61. The third kappa shape index (κ3) is 2.52. The maximum Gasteiger partial charge on any atom is 0.250 e. The van der Waals surface area contributed by atoms with E-state index in [0.29, 0.717) is 11.3 Å². The molecule has 3 aliphatic heterocycles. The molecule has 0 spiro atoms. The number of hydrogen-bond donors (Lipinski definition) is 0. The fourth-order valence-electron chi connectivity index (χ4n) is 2.79. The molecule has 0 aromatic heterocycles. The third-order valence-corrected chi connectivity index (χ3v) is 8.89. The van der Waals surface area contributed by atoms with E-state index in [4.69, 9.17) is 0 Å². The largest absolute Gasteiger partial charge is 0.368 e. The van der Waals surface area contributed by atoms with Crippen LogP contribution in [0.2, 0.25) is 0 Å². The highest BCUT2D eigenvalue weighted by Gasteiger charge is 2.32. The average Bonchev–Trinajstić information content (AvgIpc) is 3.23. The van der Waals surface area contributed by atoms with Gasteiger partial charge in [0.25, 0.3) is 0 Å². The van der Waals surface area contributed by atoms with Crippen LogP contribution in [0, 0.1) is 0 Å². The SMILES string of the molecule is O=c1c(C2=CSC(=C3SC=CS3)S2)c(N2CCCCC2)c1=O. The third-order valence-electron chi connectivity index (χ3n) is 3.85. The van der Waals surface area contributed by atoms with Gasteiger partial charge in [0.1, 0.15) is 5.69 Å². The monoisotopic (exact) mass is 367 g/mol. The summed E-state index contributed by atoms with van der Waals surface area (Å²) in [5, 5.41) is 6.17. The van der Waals surface area contributed by atoms with Crippen LogP contribution in [0.3, 0.4) is 0 Å². The zero-order chi connectivity index (χ0) is 15.1. The van der Waals surface area contributed by atoms with Crippen molar-refractivity contribution in [2.45, 2.75) is 19.3 Å². The van der Waals surface area contributed by atoms with Crippen molar-refractivity contribution in [2.24, 2.45) is 0 Å². The van der Waals surface area contributed by atoms with E-state index in [0.717, 1.165) is 30.8 Å². The first kappa shape index (κ1) is 15.1. The van der Waals surface area contributed by atoms with Crippen molar-refractivity contribution in [3.63, 3.8) is 0 Å². The molecule has 7 heteroatoms. The lowest BCUT2D eigenvalue weighted by molar-refractivity contribution is 0.575. The summed E-state index contributed by atoms with van der Waals surface area (Å²) in [6, 6.07) is 0. The van der Waals surface area contributed by atoms with Gasteiger partial charge in [0, 0.05) is 18.0 Å². The normalized spacial score (nSPS) is 22.0. The van der Waals surface area contributed by atoms with E-state index < -0.39 is 0 Å². The van der Waals surface area contributed by atoms with E-state index in [9.17, 15) is 9.59 Å². The Labute approximate surface area is 145 Å². The van der Waals surface area contributed by atoms with Gasteiger partial charge < -0.3 is 4.90 Å². The molecule has 1 saturated heterocycles. The summed E-state index contributed by atoms with van der Waals surface area (Å²) in [6.07, 6.45) is 3.42. The number of thioether (sulfide) groups is 4. The standard InChI is InChI=1S/C15H13NO2S4/c17-12-10(11(13(12)18)16-4-2-1-3-5-16)9-8-21-15(22-9)14-19-6-7-20-14/h6-8H,1-5H2. The van der Waals surface area contributed by atoms with Crippen LogP contribution in [0.1, 0.15) is 24.8 Å². The van der Waals surface area contributed by atoms with Crippen LogP contribution in [0.25, 0.3) is 4.91 Å². The molecule has 0 unspecified atom stereocenters. The first-order valence-electron chi connectivity index (χ1n) is 7.11. The van der Waals surface area contributed by atoms with Crippen molar-refractivity contribution < 1.29 is 0 Å². The highest BCUT2D eigenvalue weighted by atomic mass is 32.2. The van der Waals surface area contributed by atoms with Crippen molar-refractivity contribution in [1.82, 2.24) is 0 Å². The molecule has 0 aliphatic carbocycles. The Morgan fingerprint density at radius 3 is 2.32 bits per heavy atom. The van der Waals surface area contributed by atoms with E-state index in [-0.39, 0.29) is 10.9 Å². The van der Waals surface area contributed by atoms with E-state index in [1.165, 1.54) is 14.9 Å². The van der Waals surface area contributed by atoms with Crippen LogP contribution < -0.4 is 15.8 Å². The molecule has 4 rings (SSSR count). The molecule has 0 radical (unpaired) electrons. The molecular formula is C15H13NO2S4. The van der Waals surface area contributed by atoms with Crippen molar-refractivity contribution in [3.05, 3.63) is 50.7 Å². The molecule has 1 aromatic carbocycles. The van der Waals surface area contributed by atoms with Crippen LogP contribution in [0.5, 0.6) is 0 Å². The van der Waals surface area contributed by atoms with Gasteiger partial charge in [-0.25, -0.2) is 0 Å². The molecule has 0 saturated carbocycles. The number of hydrogen-bond acceptors (Lipinski definition) is 7. The number of nitrogens with zero attached hydrogens (tertiary/aromatic N) is 1. The minimum Gasteiger partial charge on any atom is -0.368 e. The van der Waals surface area contributed by atoms with E-state index >= 15 is 0 Å². The van der Waals surface area contributed by atoms with Gasteiger partial charge in [-0.2, -0.15) is 0 Å². The quantitative estimate of drug-likeness (QED) is 0.728. The summed E-state index contributed by atoms with van der Waals surface area (Å²) in [4.78, 5) is 27.2. The fraction of sp³-hybridized carbons (Fsp3) is 0.333. The molecule has 0 amide bonds. The second-order valence-electron chi connectivity index (χ2n) is 5.21. The molecule has 3 nitrogen and oxygen atoms in total. The predicted octanol–water partition coefficient (Wildman–Crippen LogP) is 4.13. The van der Waals surface area contributed by atoms with Crippen molar-refractivity contribution >= 4 is 57.6 Å². The first-order chi connectivity index (χ1) is 10.8. The molecule has 1 fully saturated rings. The molecule has 22 heavy (non-hydrogen) atoms. The van der Waals surface area contributed by atoms with Gasteiger partial charge in [0.2, 0.25) is 10.9 Å². The number of anilines is 1. The van der Waals surface area contributed by atoms with Gasteiger partial charge in [0.05, 0.1) is 14.0 Å². The van der Waals surface area contributed by atoms with Crippen molar-refractivity contribution in [3.8, 4) is 0 Å². The van der Waals surface area contributed by atoms with Gasteiger partial charge >= 0.3 is 0 Å². The minimum atomic E-state index is -0.309. The number of piperidine rings is 1. The van der Waals surface area contributed by atoms with Crippen molar-refractivity contribution in [2.75, 3.05) is 18.0 Å². The summed E-state index contributed by atoms with van der Waals surface area (Å²) in [5.41, 5.74) is 0.716. The molecule has 114 valence electrons. The lowest BCUT2D eigenvalue weighted by Crippen LogP contribution is -2.45. The zero-order valence-electron chi connectivity index (χ0n) is 11.7. The summed E-state index contributed by atoms with van der Waals surface area (Å²) in [5.74, 6) is 0. The Kier molecular flexibility index (Phi) is 4.23. The number of rotatable bonds is 2. The molecule has 3 heterocycles. The second-order valence-corrected chi connectivity index (χ2v) is 9.50. The van der Waals surface area contributed by atoms with Gasteiger partial charge in [-0.05, 0) is 35.5 Å². The van der Waals surface area contributed by atoms with Crippen molar-refractivity contribution in [1.29, 1.82) is 0 Å². The molecule has 0 bridgehead atoms. The second kappa shape index (κ2) is 6.19. The van der Waals surface area contributed by atoms with Crippen LogP contribution >= 0.6 is 47.0 Å². The Bertz CT molecular complexity index is 770. The first-order valence-corrected chi connectivity index (χ1v) is 10.6. The predicted molar refractivity (Wildman–Crippen MR) is 102 cm³/mol. The van der Waals surface area contributed by atoms with Crippen LogP contribution in [-0.2, 0) is 0 Å². The van der Waals surface area contributed by atoms with Gasteiger partial charge in [-0.3, -0.25) is 9.59 Å². The topological polar surface area (TPSA) is 37.4 Å². The Hall–Kier alpha value is -0.500. The zero-order valence-corrected chi connectivity index (χ0v) is 14.9. The lowest BCUT2D eigenvalue weighted by Gasteiger charge is -2.30. The van der Waals surface area contributed by atoms with Crippen LogP contribution in [0.4, 0.5) is 5.69 Å². The van der Waals surface area contributed by atoms with Gasteiger partial charge in [-0.1, -0.05) is 47.0 Å². The smallest absolute Gasteiger partial charge is 0.250 e. The maximum atomic E-state index is 12.1. The summed E-state index contributed by atoms with van der Waals surface area (Å²) in [6.45, 7) is 1.79. The molecular weight excluding hydrogens is 354 g/mol. The molecule has 0 atom stereocenters. The Morgan fingerprint density at radius 2 is 1.59 bits per heavy atom. The Morgan fingerprint density at radius 1 is 0.864 bits per heavy atom.